The van der Waals surface area contributed by atoms with Crippen LogP contribution in [0.4, 0.5) is 5.82 Å². The normalized spacial score (nSPS) is 11.6. The predicted molar refractivity (Wildman–Crippen MR) is 77.6 cm³/mol. The van der Waals surface area contributed by atoms with Gasteiger partial charge >= 0.3 is 0 Å². The fraction of sp³-hybridized carbons (Fsp3) is 0.538. The molecule has 1 N–H and O–H groups in total. The van der Waals surface area contributed by atoms with Crippen LogP contribution in [0.3, 0.4) is 0 Å². The lowest BCUT2D eigenvalue weighted by Crippen LogP contribution is -2.35. The van der Waals surface area contributed by atoms with Crippen molar-refractivity contribution in [2.75, 3.05) is 25.5 Å². The Kier molecular flexibility index (Phi) is 5.92. The van der Waals surface area contributed by atoms with Crippen molar-refractivity contribution in [1.82, 2.24) is 9.29 Å². The zero-order valence-electron chi connectivity index (χ0n) is 12.0. The van der Waals surface area contributed by atoms with Crippen molar-refractivity contribution >= 4 is 15.8 Å². The molecular weight excluding hydrogens is 276 g/mol. The molecule has 0 saturated heterocycles. The van der Waals surface area contributed by atoms with Crippen LogP contribution >= 0.6 is 0 Å². The topological polar surface area (TPSA) is 86.1 Å². The molecule has 0 saturated carbocycles. The monoisotopic (exact) mass is 296 g/mol. The smallest absolute Gasteiger partial charge is 0.244 e. The van der Waals surface area contributed by atoms with Crippen molar-refractivity contribution < 1.29 is 8.42 Å². The summed E-state index contributed by atoms with van der Waals surface area (Å²) in [5.41, 5.74) is 0. The molecule has 110 valence electrons. The molecule has 20 heavy (non-hydrogen) atoms. The molecule has 0 aliphatic rings. The molecule has 0 aliphatic carbocycles. The third kappa shape index (κ3) is 4.18. The Balaban J connectivity index is 3.04. The van der Waals surface area contributed by atoms with Gasteiger partial charge in [0.05, 0.1) is 6.07 Å². The summed E-state index contributed by atoms with van der Waals surface area (Å²) in [4.78, 5) is 4.17. The van der Waals surface area contributed by atoms with Crippen LogP contribution in [0.15, 0.2) is 23.2 Å². The minimum absolute atomic E-state index is 0.148. The minimum atomic E-state index is -3.60. The fourth-order valence-corrected chi connectivity index (χ4v) is 3.27. The number of hydrogen-bond donors (Lipinski definition) is 1. The molecular formula is C13H20N4O2S. The molecule has 1 aromatic heterocycles. The summed E-state index contributed by atoms with van der Waals surface area (Å²) in [5.74, 6) is 0.796. The summed E-state index contributed by atoms with van der Waals surface area (Å²) in [5, 5.41) is 11.5. The second-order valence-corrected chi connectivity index (χ2v) is 6.73. The van der Waals surface area contributed by atoms with Crippen molar-refractivity contribution in [3.63, 3.8) is 0 Å². The number of nitrogens with one attached hydrogen (secondary N) is 1. The summed E-state index contributed by atoms with van der Waals surface area (Å²) in [6.07, 6.45) is 1.51. The molecule has 0 aliphatic heterocycles. The van der Waals surface area contributed by atoms with Crippen LogP contribution in [0.25, 0.3) is 0 Å². The standard InChI is InChI=1S/C13H20N4O2S/c1-11(2)10-17(8-4-7-14)20(18,19)12-5-6-13(15-3)16-9-12/h5-6,9,11H,4,8,10H2,1-3H3,(H,15,16). The van der Waals surface area contributed by atoms with E-state index in [4.69, 9.17) is 5.26 Å². The van der Waals surface area contributed by atoms with Gasteiger partial charge < -0.3 is 5.32 Å². The summed E-state index contributed by atoms with van der Waals surface area (Å²) < 4.78 is 26.4. The number of sulfonamides is 1. The van der Waals surface area contributed by atoms with E-state index in [1.165, 1.54) is 16.6 Å². The number of hydrogen-bond acceptors (Lipinski definition) is 5. The van der Waals surface area contributed by atoms with E-state index in [1.54, 1.807) is 13.1 Å². The average Bonchev–Trinajstić information content (AvgIpc) is 2.43. The van der Waals surface area contributed by atoms with E-state index in [1.807, 2.05) is 19.9 Å². The van der Waals surface area contributed by atoms with Crippen molar-refractivity contribution in [3.8, 4) is 6.07 Å². The molecule has 1 heterocycles. The minimum Gasteiger partial charge on any atom is -0.373 e. The quantitative estimate of drug-likeness (QED) is 0.827. The summed E-state index contributed by atoms with van der Waals surface area (Å²) in [6, 6.07) is 5.12. The van der Waals surface area contributed by atoms with E-state index in [0.29, 0.717) is 12.4 Å². The van der Waals surface area contributed by atoms with E-state index >= 15 is 0 Å². The highest BCUT2D eigenvalue weighted by Gasteiger charge is 2.25. The summed E-state index contributed by atoms with van der Waals surface area (Å²) >= 11 is 0. The fourth-order valence-electron chi connectivity index (χ4n) is 1.72. The maximum atomic E-state index is 12.5. The molecule has 0 radical (unpaired) electrons. The molecule has 1 aromatic rings. The van der Waals surface area contributed by atoms with Gasteiger partial charge in [-0.05, 0) is 18.1 Å². The van der Waals surface area contributed by atoms with Gasteiger partial charge in [0, 0.05) is 32.8 Å². The molecule has 0 spiro atoms. The number of aromatic nitrogens is 1. The van der Waals surface area contributed by atoms with Crippen molar-refractivity contribution in [2.45, 2.75) is 25.2 Å². The number of anilines is 1. The van der Waals surface area contributed by atoms with Gasteiger partial charge in [0.25, 0.3) is 0 Å². The Labute approximate surface area is 120 Å². The Hall–Kier alpha value is -1.65. The Morgan fingerprint density at radius 2 is 2.15 bits per heavy atom. The van der Waals surface area contributed by atoms with Crippen LogP contribution in [0.5, 0.6) is 0 Å². The van der Waals surface area contributed by atoms with Gasteiger partial charge in [-0.1, -0.05) is 13.8 Å². The number of rotatable bonds is 7. The van der Waals surface area contributed by atoms with Gasteiger partial charge in [0.1, 0.15) is 10.7 Å². The highest BCUT2D eigenvalue weighted by Crippen LogP contribution is 2.18. The number of nitrogens with zero attached hydrogens (tertiary/aromatic N) is 3. The maximum Gasteiger partial charge on any atom is 0.244 e. The molecule has 1 rings (SSSR count). The largest absolute Gasteiger partial charge is 0.373 e. The molecule has 0 bridgehead atoms. The second kappa shape index (κ2) is 7.22. The Morgan fingerprint density at radius 3 is 2.60 bits per heavy atom. The molecule has 0 unspecified atom stereocenters. The van der Waals surface area contributed by atoms with Crippen LogP contribution < -0.4 is 5.32 Å². The van der Waals surface area contributed by atoms with E-state index in [-0.39, 0.29) is 23.8 Å². The third-order valence-electron chi connectivity index (χ3n) is 2.67. The van der Waals surface area contributed by atoms with Gasteiger partial charge in [-0.3, -0.25) is 0 Å². The second-order valence-electron chi connectivity index (χ2n) is 4.79. The van der Waals surface area contributed by atoms with Gasteiger partial charge in [0.2, 0.25) is 10.0 Å². The Bertz CT molecular complexity index is 561. The van der Waals surface area contributed by atoms with Crippen LogP contribution in [0, 0.1) is 17.2 Å². The first-order valence-corrected chi connectivity index (χ1v) is 7.86. The maximum absolute atomic E-state index is 12.5. The van der Waals surface area contributed by atoms with Crippen molar-refractivity contribution in [1.29, 1.82) is 5.26 Å². The lowest BCUT2D eigenvalue weighted by molar-refractivity contribution is 0.373. The molecule has 6 nitrogen and oxygen atoms in total. The van der Waals surface area contributed by atoms with E-state index < -0.39 is 10.0 Å². The SMILES string of the molecule is CNc1ccc(S(=O)(=O)N(CCC#N)CC(C)C)cn1. The lowest BCUT2D eigenvalue weighted by Gasteiger charge is -2.22. The summed E-state index contributed by atoms with van der Waals surface area (Å²) in [6.45, 7) is 4.47. The van der Waals surface area contributed by atoms with E-state index in [2.05, 4.69) is 10.3 Å². The van der Waals surface area contributed by atoms with Gasteiger partial charge in [-0.15, -0.1) is 0 Å². The molecule has 7 heteroatoms. The van der Waals surface area contributed by atoms with Gasteiger partial charge in [-0.2, -0.15) is 9.57 Å². The van der Waals surface area contributed by atoms with Crippen molar-refractivity contribution in [3.05, 3.63) is 18.3 Å². The zero-order chi connectivity index (χ0) is 15.2. The predicted octanol–water partition coefficient (Wildman–Crippen LogP) is 1.68. The first-order valence-electron chi connectivity index (χ1n) is 6.42. The molecule has 0 atom stereocenters. The van der Waals surface area contributed by atoms with Gasteiger partial charge in [0.15, 0.2) is 0 Å². The lowest BCUT2D eigenvalue weighted by atomic mass is 10.2. The van der Waals surface area contributed by atoms with E-state index in [9.17, 15) is 8.42 Å². The zero-order valence-corrected chi connectivity index (χ0v) is 12.8. The van der Waals surface area contributed by atoms with Crippen molar-refractivity contribution in [2.24, 2.45) is 5.92 Å². The summed E-state index contributed by atoms with van der Waals surface area (Å²) in [7, 11) is -1.88. The molecule has 0 fully saturated rings. The molecule has 0 amide bonds. The highest BCUT2D eigenvalue weighted by molar-refractivity contribution is 7.89. The first-order chi connectivity index (χ1) is 9.41. The van der Waals surface area contributed by atoms with Crippen LogP contribution in [-0.4, -0.2) is 37.8 Å². The highest BCUT2D eigenvalue weighted by atomic mass is 32.2. The van der Waals surface area contributed by atoms with Gasteiger partial charge in [-0.25, -0.2) is 13.4 Å². The first kappa shape index (κ1) is 16.4. The van der Waals surface area contributed by atoms with E-state index in [0.717, 1.165) is 0 Å². The van der Waals surface area contributed by atoms with Crippen LogP contribution in [-0.2, 0) is 10.0 Å². The number of nitriles is 1. The van der Waals surface area contributed by atoms with Crippen LogP contribution in [0.1, 0.15) is 20.3 Å². The number of pyridine rings is 1. The Morgan fingerprint density at radius 1 is 1.45 bits per heavy atom. The van der Waals surface area contributed by atoms with Crippen LogP contribution in [0.2, 0.25) is 0 Å². The average molecular weight is 296 g/mol. The third-order valence-corrected chi connectivity index (χ3v) is 4.52. The molecule has 0 aromatic carbocycles.